The van der Waals surface area contributed by atoms with Gasteiger partial charge in [0.25, 0.3) is 11.8 Å². The molecule has 4 N–H and O–H groups in total. The van der Waals surface area contributed by atoms with E-state index in [0.717, 1.165) is 0 Å². The topological polar surface area (TPSA) is 96.6 Å². The lowest BCUT2D eigenvalue weighted by atomic mass is 10.1. The summed E-state index contributed by atoms with van der Waals surface area (Å²) in [5.74, 6) is -1.35. The van der Waals surface area contributed by atoms with Crippen LogP contribution in [0.3, 0.4) is 0 Å². The molecule has 1 atom stereocenters. The van der Waals surface area contributed by atoms with Crippen molar-refractivity contribution in [1.29, 1.82) is 0 Å². The summed E-state index contributed by atoms with van der Waals surface area (Å²) in [7, 11) is 0. The normalized spacial score (nSPS) is 22.1. The van der Waals surface area contributed by atoms with Crippen LogP contribution in [-0.4, -0.2) is 28.3 Å². The SMILES string of the molecule is NC1=NC(NC(=O)c2ccccc2)(C(Cl)Cl)C(=O)N1. The van der Waals surface area contributed by atoms with Gasteiger partial charge in [-0.15, -0.1) is 0 Å². The maximum absolute atomic E-state index is 12.0. The van der Waals surface area contributed by atoms with Crippen LogP contribution in [0.2, 0.25) is 0 Å². The zero-order valence-electron chi connectivity index (χ0n) is 9.56. The lowest BCUT2D eigenvalue weighted by Gasteiger charge is -2.25. The molecule has 0 fully saturated rings. The van der Waals surface area contributed by atoms with Gasteiger partial charge in [-0.05, 0) is 12.1 Å². The third-order valence-electron chi connectivity index (χ3n) is 2.54. The Labute approximate surface area is 119 Å². The lowest BCUT2D eigenvalue weighted by molar-refractivity contribution is -0.124. The van der Waals surface area contributed by atoms with E-state index in [1.807, 2.05) is 0 Å². The van der Waals surface area contributed by atoms with E-state index < -0.39 is 22.3 Å². The van der Waals surface area contributed by atoms with Crippen LogP contribution in [0.4, 0.5) is 0 Å². The van der Waals surface area contributed by atoms with Crippen molar-refractivity contribution in [2.24, 2.45) is 10.7 Å². The van der Waals surface area contributed by atoms with Crippen LogP contribution >= 0.6 is 23.2 Å². The standard InChI is InChI=1S/C11H10Cl2N4O2/c12-8(13)11(9(19)15-10(14)17-11)16-7(18)6-4-2-1-3-5-6/h1-5,8H,(H,16,18)(H3,14,15,17,19). The first-order valence-corrected chi connectivity index (χ1v) is 6.15. The number of amides is 2. The number of nitrogens with zero attached hydrogens (tertiary/aromatic N) is 1. The minimum Gasteiger partial charge on any atom is -0.370 e. The predicted molar refractivity (Wildman–Crippen MR) is 71.9 cm³/mol. The van der Waals surface area contributed by atoms with Gasteiger partial charge in [-0.3, -0.25) is 14.9 Å². The highest BCUT2D eigenvalue weighted by atomic mass is 35.5. The van der Waals surface area contributed by atoms with Crippen LogP contribution in [0.1, 0.15) is 10.4 Å². The van der Waals surface area contributed by atoms with Crippen molar-refractivity contribution in [2.45, 2.75) is 10.5 Å². The van der Waals surface area contributed by atoms with E-state index in [0.29, 0.717) is 5.56 Å². The number of halogens is 2. The molecule has 0 aromatic heterocycles. The molecule has 0 saturated carbocycles. The van der Waals surface area contributed by atoms with E-state index in [9.17, 15) is 9.59 Å². The number of guanidine groups is 1. The molecule has 1 aliphatic heterocycles. The molecule has 1 aliphatic rings. The molecule has 0 aliphatic carbocycles. The molecule has 1 unspecified atom stereocenters. The number of hydrogen-bond acceptors (Lipinski definition) is 4. The van der Waals surface area contributed by atoms with E-state index in [1.165, 1.54) is 0 Å². The zero-order valence-corrected chi connectivity index (χ0v) is 11.1. The van der Waals surface area contributed by atoms with Gasteiger partial charge < -0.3 is 11.1 Å². The molecule has 0 radical (unpaired) electrons. The van der Waals surface area contributed by atoms with Crippen molar-refractivity contribution < 1.29 is 9.59 Å². The van der Waals surface area contributed by atoms with Gasteiger partial charge in [0, 0.05) is 5.56 Å². The van der Waals surface area contributed by atoms with Crippen LogP contribution in [0.5, 0.6) is 0 Å². The Kier molecular flexibility index (Phi) is 3.64. The van der Waals surface area contributed by atoms with E-state index in [-0.39, 0.29) is 5.96 Å². The Hall–Kier alpha value is -1.79. The number of carbonyl (C=O) groups is 2. The molecule has 100 valence electrons. The monoisotopic (exact) mass is 300 g/mol. The summed E-state index contributed by atoms with van der Waals surface area (Å²) in [6, 6.07) is 8.30. The quantitative estimate of drug-likeness (QED) is 0.703. The summed E-state index contributed by atoms with van der Waals surface area (Å²) < 4.78 is 0. The second-order valence-electron chi connectivity index (χ2n) is 3.84. The Balaban J connectivity index is 2.29. The third-order valence-corrected chi connectivity index (χ3v) is 3.17. The average Bonchev–Trinajstić information content (AvgIpc) is 2.66. The molecular formula is C11H10Cl2N4O2. The fraction of sp³-hybridized carbons (Fsp3) is 0.182. The number of aliphatic imine (C=N–C) groups is 1. The molecule has 8 heteroatoms. The van der Waals surface area contributed by atoms with Crippen molar-refractivity contribution in [2.75, 3.05) is 0 Å². The van der Waals surface area contributed by atoms with Crippen molar-refractivity contribution in [3.8, 4) is 0 Å². The molecular weight excluding hydrogens is 291 g/mol. The van der Waals surface area contributed by atoms with Crippen LogP contribution in [0.15, 0.2) is 35.3 Å². The second kappa shape index (κ2) is 5.07. The summed E-state index contributed by atoms with van der Waals surface area (Å²) in [4.78, 5) is 26.4. The Morgan fingerprint density at radius 2 is 2.00 bits per heavy atom. The van der Waals surface area contributed by atoms with Gasteiger partial charge in [-0.2, -0.15) is 0 Å². The molecule has 2 rings (SSSR count). The molecule has 0 spiro atoms. The van der Waals surface area contributed by atoms with Gasteiger partial charge in [0.2, 0.25) is 5.66 Å². The van der Waals surface area contributed by atoms with Crippen molar-refractivity contribution in [3.63, 3.8) is 0 Å². The van der Waals surface area contributed by atoms with E-state index in [4.69, 9.17) is 28.9 Å². The molecule has 0 bridgehead atoms. The number of rotatable bonds is 3. The predicted octanol–water partition coefficient (Wildman–Crippen LogP) is 0.361. The second-order valence-corrected chi connectivity index (χ2v) is 4.93. The Morgan fingerprint density at radius 1 is 1.37 bits per heavy atom. The van der Waals surface area contributed by atoms with Gasteiger partial charge in [-0.25, -0.2) is 4.99 Å². The zero-order chi connectivity index (χ0) is 14.0. The number of carbonyl (C=O) groups excluding carboxylic acids is 2. The van der Waals surface area contributed by atoms with Crippen LogP contribution in [-0.2, 0) is 4.79 Å². The summed E-state index contributed by atoms with van der Waals surface area (Å²) in [6.45, 7) is 0. The van der Waals surface area contributed by atoms with Crippen LogP contribution < -0.4 is 16.4 Å². The number of benzene rings is 1. The maximum atomic E-state index is 12.0. The third kappa shape index (κ3) is 2.50. The van der Waals surface area contributed by atoms with Gasteiger partial charge in [-0.1, -0.05) is 41.4 Å². The summed E-state index contributed by atoms with van der Waals surface area (Å²) in [5, 5.41) is 4.66. The van der Waals surface area contributed by atoms with Gasteiger partial charge in [0.15, 0.2) is 10.8 Å². The van der Waals surface area contributed by atoms with Crippen molar-refractivity contribution in [3.05, 3.63) is 35.9 Å². The Bertz CT molecular complexity index is 547. The molecule has 1 aromatic carbocycles. The average molecular weight is 301 g/mol. The molecule has 0 saturated heterocycles. The largest absolute Gasteiger partial charge is 0.370 e. The van der Waals surface area contributed by atoms with Crippen molar-refractivity contribution >= 4 is 41.0 Å². The minimum absolute atomic E-state index is 0.148. The van der Waals surface area contributed by atoms with Gasteiger partial charge in [0.1, 0.15) is 0 Å². The van der Waals surface area contributed by atoms with E-state index >= 15 is 0 Å². The fourth-order valence-corrected chi connectivity index (χ4v) is 2.01. The van der Waals surface area contributed by atoms with Crippen LogP contribution in [0, 0.1) is 0 Å². The molecule has 2 amide bonds. The summed E-state index contributed by atoms with van der Waals surface area (Å²) >= 11 is 11.5. The first-order chi connectivity index (χ1) is 8.95. The van der Waals surface area contributed by atoms with Crippen LogP contribution in [0.25, 0.3) is 0 Å². The maximum Gasteiger partial charge on any atom is 0.278 e. The number of hydrogen-bond donors (Lipinski definition) is 3. The highest BCUT2D eigenvalue weighted by Gasteiger charge is 2.50. The molecule has 19 heavy (non-hydrogen) atoms. The van der Waals surface area contributed by atoms with E-state index in [1.54, 1.807) is 30.3 Å². The van der Waals surface area contributed by atoms with E-state index in [2.05, 4.69) is 15.6 Å². The van der Waals surface area contributed by atoms with Gasteiger partial charge >= 0.3 is 0 Å². The fourth-order valence-electron chi connectivity index (χ4n) is 1.60. The lowest BCUT2D eigenvalue weighted by Crippen LogP contribution is -2.58. The highest BCUT2D eigenvalue weighted by molar-refractivity contribution is 6.47. The van der Waals surface area contributed by atoms with Crippen molar-refractivity contribution in [1.82, 2.24) is 10.6 Å². The number of nitrogens with two attached hydrogens (primary N) is 1. The summed E-state index contributed by atoms with van der Waals surface area (Å²) in [6.07, 6.45) is 0. The first-order valence-electron chi connectivity index (χ1n) is 5.28. The molecule has 1 aromatic rings. The number of alkyl halides is 2. The summed E-state index contributed by atoms with van der Waals surface area (Å²) in [5.41, 5.74) is 3.95. The highest BCUT2D eigenvalue weighted by Crippen LogP contribution is 2.25. The van der Waals surface area contributed by atoms with Gasteiger partial charge in [0.05, 0.1) is 0 Å². The Morgan fingerprint density at radius 3 is 2.47 bits per heavy atom. The molecule has 1 heterocycles. The minimum atomic E-state index is -1.81. The number of nitrogens with one attached hydrogen (secondary N) is 2. The smallest absolute Gasteiger partial charge is 0.278 e. The first kappa shape index (κ1) is 13.6. The molecule has 6 nitrogen and oxygen atoms in total.